The van der Waals surface area contributed by atoms with Crippen LogP contribution in [0, 0.1) is 5.92 Å². The molecule has 0 radical (unpaired) electrons. The van der Waals surface area contributed by atoms with Crippen molar-refractivity contribution in [2.24, 2.45) is 5.92 Å². The van der Waals surface area contributed by atoms with Gasteiger partial charge in [-0.25, -0.2) is 4.79 Å². The third kappa shape index (κ3) is 8.15. The lowest BCUT2D eigenvalue weighted by atomic mass is 9.94. The summed E-state index contributed by atoms with van der Waals surface area (Å²) in [6.07, 6.45) is -0.173. The number of likely N-dealkylation sites (N-methyl/N-ethyl adjacent to an activating group) is 1. The van der Waals surface area contributed by atoms with Crippen LogP contribution in [0.5, 0.6) is 0 Å². The molecular formula is C36H47ClF3N7O3. The molecule has 3 fully saturated rings. The van der Waals surface area contributed by atoms with Crippen LogP contribution in [-0.4, -0.2) is 116 Å². The Labute approximate surface area is 296 Å². The maximum atomic E-state index is 13.7. The van der Waals surface area contributed by atoms with Crippen LogP contribution in [0.25, 0.3) is 0 Å². The van der Waals surface area contributed by atoms with E-state index < -0.39 is 23.3 Å². The van der Waals surface area contributed by atoms with Gasteiger partial charge in [0.05, 0.1) is 27.6 Å². The summed E-state index contributed by atoms with van der Waals surface area (Å²) in [5.41, 5.74) is 7.20. The molecule has 1 atom stereocenters. The highest BCUT2D eigenvalue weighted by Crippen LogP contribution is 2.39. The molecule has 0 bridgehead atoms. The zero-order valence-corrected chi connectivity index (χ0v) is 29.3. The molecule has 0 spiro atoms. The number of benzene rings is 2. The van der Waals surface area contributed by atoms with E-state index in [0.717, 1.165) is 81.5 Å². The van der Waals surface area contributed by atoms with Gasteiger partial charge in [-0.3, -0.25) is 9.69 Å². The molecule has 4 aliphatic rings. The molecule has 0 unspecified atom stereocenters. The first-order chi connectivity index (χ1) is 23.9. The molecule has 3 saturated heterocycles. The third-order valence-electron chi connectivity index (χ3n) is 11.0. The fourth-order valence-corrected chi connectivity index (χ4v) is 8.25. The quantitative estimate of drug-likeness (QED) is 0.293. The SMILES string of the molecule is CN1CCN(C2CCN(c3cccc4c3NC(=O)N(C3CCN(C(=O)C[C@@H](C=O)Cc5cc(Cl)c(N)c(C(F)(F)F)c5)CC3)CC4)CC2)CC1. The molecule has 4 heterocycles. The molecule has 0 saturated carbocycles. The first-order valence-corrected chi connectivity index (χ1v) is 18.0. The van der Waals surface area contributed by atoms with E-state index in [0.29, 0.717) is 44.8 Å². The van der Waals surface area contributed by atoms with Crippen molar-refractivity contribution in [2.75, 3.05) is 81.9 Å². The van der Waals surface area contributed by atoms with Crippen molar-refractivity contribution < 1.29 is 27.6 Å². The summed E-state index contributed by atoms with van der Waals surface area (Å²) in [6.45, 7) is 7.79. The van der Waals surface area contributed by atoms with Gasteiger partial charge in [-0.1, -0.05) is 23.7 Å². The lowest BCUT2D eigenvalue weighted by molar-refractivity contribution is -0.137. The van der Waals surface area contributed by atoms with E-state index in [1.807, 2.05) is 4.90 Å². The normalized spacial score (nSPS) is 21.1. The number of anilines is 3. The minimum absolute atomic E-state index is 0.0456. The van der Waals surface area contributed by atoms with Crippen molar-refractivity contribution in [2.45, 2.75) is 63.2 Å². The summed E-state index contributed by atoms with van der Waals surface area (Å²) < 4.78 is 40.3. The number of alkyl halides is 3. The predicted molar refractivity (Wildman–Crippen MR) is 189 cm³/mol. The number of nitrogens with zero attached hydrogens (tertiary/aromatic N) is 5. The number of likely N-dealkylation sites (tertiary alicyclic amines) is 1. The number of piperazine rings is 1. The number of carbonyl (C=O) groups excluding carboxylic acids is 3. The second-order valence-electron chi connectivity index (χ2n) is 14.2. The minimum atomic E-state index is -4.70. The Morgan fingerprint density at radius 2 is 1.68 bits per heavy atom. The highest BCUT2D eigenvalue weighted by Gasteiger charge is 2.36. The van der Waals surface area contributed by atoms with Crippen molar-refractivity contribution in [3.8, 4) is 0 Å². The molecule has 50 heavy (non-hydrogen) atoms. The van der Waals surface area contributed by atoms with Gasteiger partial charge < -0.3 is 35.4 Å². The Morgan fingerprint density at radius 3 is 2.34 bits per heavy atom. The Hall–Kier alpha value is -3.55. The van der Waals surface area contributed by atoms with E-state index in [-0.39, 0.29) is 41.4 Å². The van der Waals surface area contributed by atoms with E-state index in [1.54, 1.807) is 4.90 Å². The number of halogens is 4. The number of nitrogen functional groups attached to an aromatic ring is 1. The number of hydrogen-bond acceptors (Lipinski definition) is 7. The minimum Gasteiger partial charge on any atom is -0.397 e. The molecule has 6 rings (SSSR count). The number of amides is 3. The fraction of sp³-hybridized carbons (Fsp3) is 0.583. The second kappa shape index (κ2) is 15.4. The largest absolute Gasteiger partial charge is 0.418 e. The summed E-state index contributed by atoms with van der Waals surface area (Å²) >= 11 is 5.95. The summed E-state index contributed by atoms with van der Waals surface area (Å²) in [5, 5.41) is 3.00. The van der Waals surface area contributed by atoms with Gasteiger partial charge in [0, 0.05) is 83.3 Å². The Kier molecular flexibility index (Phi) is 11.1. The summed E-state index contributed by atoms with van der Waals surface area (Å²) in [7, 11) is 2.18. The van der Waals surface area contributed by atoms with Crippen molar-refractivity contribution in [3.05, 3.63) is 52.0 Å². The van der Waals surface area contributed by atoms with E-state index in [2.05, 4.69) is 45.3 Å². The standard InChI is InChI=1S/C36H47ClF3N7O3/c1-43-15-17-44(18-16-43)27-6-10-45(11-7-27)31-4-2-3-26-5-14-47(35(50)42-34(26)31)28-8-12-46(13-9-28)32(49)22-25(23-48)19-24-20-29(36(38,39)40)33(41)30(37)21-24/h2-4,20-21,23,25,27-28H,5-19,22,41H2,1H3,(H,42,50)/t25-/m0/s1. The number of nitrogens with two attached hydrogens (primary N) is 1. The molecular weight excluding hydrogens is 671 g/mol. The molecule has 2 aromatic carbocycles. The van der Waals surface area contributed by atoms with Gasteiger partial charge in [0.25, 0.3) is 0 Å². The Balaban J connectivity index is 1.02. The van der Waals surface area contributed by atoms with Crippen molar-refractivity contribution in [1.29, 1.82) is 0 Å². The van der Waals surface area contributed by atoms with Gasteiger partial charge in [0.15, 0.2) is 0 Å². The monoisotopic (exact) mass is 717 g/mol. The van der Waals surface area contributed by atoms with Crippen LogP contribution >= 0.6 is 11.6 Å². The van der Waals surface area contributed by atoms with Crippen LogP contribution in [0.1, 0.15) is 48.8 Å². The van der Waals surface area contributed by atoms with E-state index >= 15 is 0 Å². The average Bonchev–Trinajstić information content (AvgIpc) is 3.27. The van der Waals surface area contributed by atoms with E-state index in [9.17, 15) is 27.6 Å². The molecule has 10 nitrogen and oxygen atoms in total. The predicted octanol–water partition coefficient (Wildman–Crippen LogP) is 4.99. The van der Waals surface area contributed by atoms with Crippen LogP contribution < -0.4 is 16.0 Å². The summed E-state index contributed by atoms with van der Waals surface area (Å²) in [6, 6.07) is 8.90. The smallest absolute Gasteiger partial charge is 0.397 e. The average molecular weight is 718 g/mol. The van der Waals surface area contributed by atoms with Crippen molar-refractivity contribution in [3.63, 3.8) is 0 Å². The van der Waals surface area contributed by atoms with Gasteiger partial charge >= 0.3 is 12.2 Å². The van der Waals surface area contributed by atoms with Crippen LogP contribution in [0.4, 0.5) is 35.0 Å². The third-order valence-corrected chi connectivity index (χ3v) is 11.3. The Bertz CT molecular complexity index is 1550. The summed E-state index contributed by atoms with van der Waals surface area (Å²) in [5.74, 6) is -1.06. The second-order valence-corrected chi connectivity index (χ2v) is 14.6. The topological polar surface area (TPSA) is 105 Å². The molecule has 272 valence electrons. The molecule has 3 amide bonds. The van der Waals surface area contributed by atoms with Gasteiger partial charge in [0.1, 0.15) is 6.29 Å². The highest BCUT2D eigenvalue weighted by atomic mass is 35.5. The molecule has 2 aromatic rings. The molecule has 4 aliphatic heterocycles. The maximum Gasteiger partial charge on any atom is 0.418 e. The number of urea groups is 1. The number of aldehydes is 1. The number of para-hydroxylation sites is 1. The van der Waals surface area contributed by atoms with Gasteiger partial charge in [-0.15, -0.1) is 0 Å². The first kappa shape index (κ1) is 36.2. The zero-order valence-electron chi connectivity index (χ0n) is 28.6. The molecule has 0 aromatic heterocycles. The molecule has 3 N–H and O–H groups in total. The van der Waals surface area contributed by atoms with E-state index in [4.69, 9.17) is 17.3 Å². The number of hydrogen-bond donors (Lipinski definition) is 2. The van der Waals surface area contributed by atoms with Gasteiger partial charge in [0.2, 0.25) is 5.91 Å². The fourth-order valence-electron chi connectivity index (χ4n) is 8.01. The summed E-state index contributed by atoms with van der Waals surface area (Å²) in [4.78, 5) is 49.8. The number of rotatable bonds is 8. The molecule has 0 aliphatic carbocycles. The molecule has 14 heteroatoms. The Morgan fingerprint density at radius 1 is 1.00 bits per heavy atom. The van der Waals surface area contributed by atoms with Crippen LogP contribution in [0.2, 0.25) is 5.02 Å². The van der Waals surface area contributed by atoms with Crippen molar-refractivity contribution >= 4 is 46.9 Å². The maximum absolute atomic E-state index is 13.7. The van der Waals surface area contributed by atoms with Gasteiger partial charge in [-0.05, 0) is 74.9 Å². The zero-order chi connectivity index (χ0) is 35.6. The number of fused-ring (bicyclic) bond motifs is 1. The number of carbonyl (C=O) groups is 3. The van der Waals surface area contributed by atoms with Crippen LogP contribution in [0.3, 0.4) is 0 Å². The first-order valence-electron chi connectivity index (χ1n) is 17.7. The lowest BCUT2D eigenvalue weighted by Crippen LogP contribution is -2.52. The lowest BCUT2D eigenvalue weighted by Gasteiger charge is -2.43. The highest BCUT2D eigenvalue weighted by molar-refractivity contribution is 6.33. The van der Waals surface area contributed by atoms with Gasteiger partial charge in [-0.2, -0.15) is 13.2 Å². The van der Waals surface area contributed by atoms with E-state index in [1.165, 1.54) is 6.07 Å². The number of piperidine rings is 2. The van der Waals surface area contributed by atoms with Crippen molar-refractivity contribution in [1.82, 2.24) is 19.6 Å². The van der Waals surface area contributed by atoms with Crippen LogP contribution in [-0.2, 0) is 28.6 Å². The van der Waals surface area contributed by atoms with Crippen LogP contribution in [0.15, 0.2) is 30.3 Å². The number of nitrogens with one attached hydrogen (secondary N) is 1.